The zero-order valence-electron chi connectivity index (χ0n) is 54.8. The topological polar surface area (TPSA) is 387 Å². The number of carbonyl (C=O) groups is 4. The molecule has 0 radical (unpaired) electrons. The molecule has 0 rings (SSSR count). The predicted octanol–water partition coefficient (Wildman–Crippen LogP) is 4.58. The van der Waals surface area contributed by atoms with Gasteiger partial charge in [-0.05, 0) is 38.5 Å². The van der Waals surface area contributed by atoms with E-state index in [-0.39, 0.29) is 97.9 Å². The van der Waals surface area contributed by atoms with Gasteiger partial charge in [0.2, 0.25) is 0 Å². The van der Waals surface area contributed by atoms with E-state index in [2.05, 4.69) is 13.2 Å². The Labute approximate surface area is 549 Å². The zero-order valence-corrected chi connectivity index (χ0v) is 57.0. The standard InChI is InChI=1S/2C33H57NO9.Ca/c2*1-10-11-12-20(4)31(43-33(34)42)24(8)29(38)22(6)16-18(2)15-21(5)28(37)19(3)13-14-26(35)17-27(36)23(7)30(39)25(9)32(40)41;/h2*10-15,19-31,35-39H,1,16-17H2,2-9H3,(H2,34,42)(H,40,41);/q;;+2/p-2/b2*12-11-,14-13-,18-15-;/t2*19-,20-,21-,22?,23?,24?,25?,26+,27-,28-,29?,30?,31?;/m00./s1. The van der Waals surface area contributed by atoms with Crippen molar-refractivity contribution in [1.29, 1.82) is 0 Å². The van der Waals surface area contributed by atoms with Gasteiger partial charge in [-0.2, -0.15) is 0 Å². The average molecular weight is 1260 g/mol. The molecule has 20 nitrogen and oxygen atoms in total. The fourth-order valence-electron chi connectivity index (χ4n) is 10.8. The Hall–Kier alpha value is -3.74. The van der Waals surface area contributed by atoms with Gasteiger partial charge in [-0.3, -0.25) is 0 Å². The normalized spacial score (nSPS) is 21.7. The van der Waals surface area contributed by atoms with Crippen molar-refractivity contribution < 1.29 is 89.9 Å². The summed E-state index contributed by atoms with van der Waals surface area (Å²) < 4.78 is 10.7. The molecule has 0 bridgehead atoms. The predicted molar refractivity (Wildman–Crippen MR) is 336 cm³/mol. The van der Waals surface area contributed by atoms with Crippen molar-refractivity contribution in [2.45, 2.75) is 210 Å². The largest absolute Gasteiger partial charge is 2.00 e. The number of allylic oxidation sites excluding steroid dienone is 6. The van der Waals surface area contributed by atoms with Crippen molar-refractivity contribution in [3.05, 3.63) is 97.2 Å². The van der Waals surface area contributed by atoms with Gasteiger partial charge in [-0.25, -0.2) is 9.59 Å². The molecule has 0 aromatic rings. The van der Waals surface area contributed by atoms with Gasteiger partial charge in [-0.15, -0.1) is 0 Å². The number of carboxylic acids is 2. The SMILES string of the molecule is C=C/C=C\[C@H](C)C(OC(N)=O)C(C)C(O)C(C)C/C(C)=C\[C@H](C)[C@@H](O)[C@@H](C)/C=C\[C@@H](O)C[C@H](O)C(C)C(O)C(C)C(=O)[O-].C=C/C=C\[C@H](C)C(OC(N)=O)C(C)C(O)C(C)C/C(C)=C\[C@H](C)[C@@H](O)[C@@H](C)/C=C\[C@@H](O)C[C@H](O)C(C)C(O)C(C)C(=O)[O-].[Ca+2]. The molecule has 21 heteroatoms. The molecule has 26 atom stereocenters. The van der Waals surface area contributed by atoms with Crippen LogP contribution >= 0.6 is 0 Å². The second-order valence-electron chi connectivity index (χ2n) is 24.7. The third-order valence-electron chi connectivity index (χ3n) is 16.8. The number of rotatable bonds is 40. The van der Waals surface area contributed by atoms with Gasteiger partial charge in [0.05, 0.1) is 61.0 Å². The van der Waals surface area contributed by atoms with Crippen molar-refractivity contribution in [2.24, 2.45) is 94.3 Å². The van der Waals surface area contributed by atoms with Crippen LogP contribution in [0.5, 0.6) is 0 Å². The molecule has 0 aliphatic heterocycles. The molecule has 496 valence electrons. The minimum absolute atomic E-state index is 0. The van der Waals surface area contributed by atoms with Crippen molar-refractivity contribution >= 4 is 61.9 Å². The van der Waals surface area contributed by atoms with E-state index < -0.39 is 133 Å². The van der Waals surface area contributed by atoms with Crippen LogP contribution in [0.15, 0.2) is 97.2 Å². The maximum absolute atomic E-state index is 11.5. The summed E-state index contributed by atoms with van der Waals surface area (Å²) in [6, 6.07) is 0. The first kappa shape index (κ1) is 87.5. The first-order chi connectivity index (χ1) is 39.7. The number of carboxylic acid groups (broad SMARTS) is 2. The van der Waals surface area contributed by atoms with E-state index in [4.69, 9.17) is 20.9 Å². The first-order valence-electron chi connectivity index (χ1n) is 30.1. The molecule has 0 saturated heterocycles. The fourth-order valence-corrected chi connectivity index (χ4v) is 10.8. The number of primary amides is 2. The molecule has 0 spiro atoms. The summed E-state index contributed by atoms with van der Waals surface area (Å²) in [4.78, 5) is 45.0. The van der Waals surface area contributed by atoms with Crippen molar-refractivity contribution in [2.75, 3.05) is 0 Å². The van der Waals surface area contributed by atoms with Gasteiger partial charge in [0.1, 0.15) is 12.2 Å². The van der Waals surface area contributed by atoms with E-state index in [0.29, 0.717) is 12.8 Å². The van der Waals surface area contributed by atoms with Crippen LogP contribution in [0.25, 0.3) is 0 Å². The Kier molecular flexibility index (Phi) is 44.9. The molecule has 0 aliphatic carbocycles. The summed E-state index contributed by atoms with van der Waals surface area (Å²) in [5.41, 5.74) is 12.5. The minimum atomic E-state index is -1.42. The Morgan fingerprint density at radius 3 is 0.966 bits per heavy atom. The average Bonchev–Trinajstić information content (AvgIpc) is 3.63. The third-order valence-corrected chi connectivity index (χ3v) is 16.8. The molecule has 0 aliphatic rings. The number of aliphatic carboxylic acids is 2. The monoisotopic (exact) mass is 1260 g/mol. The third kappa shape index (κ3) is 33.2. The minimum Gasteiger partial charge on any atom is -0.550 e. The summed E-state index contributed by atoms with van der Waals surface area (Å²) in [7, 11) is 0. The smallest absolute Gasteiger partial charge is 0.550 e. The summed E-state index contributed by atoms with van der Waals surface area (Å²) in [5, 5.41) is 128. The molecule has 87 heavy (non-hydrogen) atoms. The fraction of sp³-hybridized carbons (Fsp3) is 0.697. The molecular formula is C66H112CaN2O18. The van der Waals surface area contributed by atoms with Crippen LogP contribution in [-0.2, 0) is 19.1 Å². The summed E-state index contributed by atoms with van der Waals surface area (Å²) in [6.45, 7) is 35.3. The number of hydrogen-bond donors (Lipinski definition) is 12. The Balaban J connectivity index is -0.00000160. The number of aliphatic hydroxyl groups excluding tert-OH is 10. The van der Waals surface area contributed by atoms with Gasteiger partial charge < -0.3 is 91.8 Å². The van der Waals surface area contributed by atoms with Gasteiger partial charge in [0.15, 0.2) is 0 Å². The number of nitrogens with two attached hydrogens (primary N) is 2. The summed E-state index contributed by atoms with van der Waals surface area (Å²) >= 11 is 0. The van der Waals surface area contributed by atoms with E-state index in [1.807, 2.05) is 93.5 Å². The van der Waals surface area contributed by atoms with Crippen molar-refractivity contribution in [3.8, 4) is 0 Å². The van der Waals surface area contributed by atoms with E-state index in [1.54, 1.807) is 50.3 Å². The maximum Gasteiger partial charge on any atom is 2.00 e. The molecule has 14 unspecified atom stereocenters. The molecule has 0 saturated carbocycles. The van der Waals surface area contributed by atoms with Crippen molar-refractivity contribution in [1.82, 2.24) is 0 Å². The van der Waals surface area contributed by atoms with Crippen LogP contribution in [-0.4, -0.2) is 186 Å². The van der Waals surface area contributed by atoms with Gasteiger partial charge in [-0.1, -0.05) is 194 Å². The zero-order chi connectivity index (χ0) is 67.2. The van der Waals surface area contributed by atoms with Gasteiger partial charge >= 0.3 is 49.9 Å². The van der Waals surface area contributed by atoms with Crippen molar-refractivity contribution in [3.63, 3.8) is 0 Å². The van der Waals surface area contributed by atoms with E-state index in [1.165, 1.54) is 39.8 Å². The second kappa shape index (κ2) is 44.7. The van der Waals surface area contributed by atoms with E-state index in [0.717, 1.165) is 11.1 Å². The number of carbonyl (C=O) groups excluding carboxylic acids is 4. The number of ether oxygens (including phenoxy) is 2. The van der Waals surface area contributed by atoms with Crippen LogP contribution < -0.4 is 21.7 Å². The molecule has 14 N–H and O–H groups in total. The van der Waals surface area contributed by atoms with Crippen LogP contribution in [0.2, 0.25) is 0 Å². The van der Waals surface area contributed by atoms with Crippen LogP contribution in [0.4, 0.5) is 9.59 Å². The Morgan fingerprint density at radius 2 is 0.713 bits per heavy atom. The van der Waals surface area contributed by atoms with Crippen LogP contribution in [0.3, 0.4) is 0 Å². The molecule has 0 fully saturated rings. The Bertz CT molecular complexity index is 2060. The molecular weight excluding hydrogens is 1150 g/mol. The summed E-state index contributed by atoms with van der Waals surface area (Å²) in [5.74, 6) is -9.49. The van der Waals surface area contributed by atoms with Gasteiger partial charge in [0, 0.05) is 95.8 Å². The van der Waals surface area contributed by atoms with Crippen LogP contribution in [0.1, 0.15) is 136 Å². The molecule has 0 aromatic heterocycles. The summed E-state index contributed by atoms with van der Waals surface area (Å²) in [6.07, 6.45) is 8.13. The van der Waals surface area contributed by atoms with E-state index >= 15 is 0 Å². The Morgan fingerprint density at radius 1 is 0.425 bits per heavy atom. The molecule has 0 aromatic carbocycles. The van der Waals surface area contributed by atoms with Gasteiger partial charge in [0.25, 0.3) is 0 Å². The quantitative estimate of drug-likeness (QED) is 0.0227. The first-order valence-corrected chi connectivity index (χ1v) is 30.1. The molecule has 0 heterocycles. The molecule has 2 amide bonds. The second-order valence-corrected chi connectivity index (χ2v) is 24.7. The number of amides is 2. The maximum atomic E-state index is 11.5. The van der Waals surface area contributed by atoms with E-state index in [9.17, 15) is 80.5 Å². The number of hydrogen-bond acceptors (Lipinski definition) is 18. The number of aliphatic hydroxyl groups is 10. The van der Waals surface area contributed by atoms with Crippen LogP contribution in [0, 0.1) is 82.9 Å².